The third kappa shape index (κ3) is 4.01. The first-order chi connectivity index (χ1) is 10.3. The van der Waals surface area contributed by atoms with Crippen LogP contribution in [0.5, 0.6) is 0 Å². The summed E-state index contributed by atoms with van der Waals surface area (Å²) in [6.07, 6.45) is 9.38. The lowest BCUT2D eigenvalue weighted by Gasteiger charge is -2.38. The average molecular weight is 351 g/mol. The molecule has 2 fully saturated rings. The molecular formula is C18H27BrN2. The minimum absolute atomic E-state index is 0.732. The molecule has 3 rings (SSSR count). The predicted molar refractivity (Wildman–Crippen MR) is 93.9 cm³/mol. The molecule has 0 aromatic heterocycles. The molecule has 2 aliphatic rings. The van der Waals surface area contributed by atoms with Crippen molar-refractivity contribution in [3.63, 3.8) is 0 Å². The Labute approximate surface area is 137 Å². The molecule has 3 heteroatoms. The third-order valence-electron chi connectivity index (χ3n) is 4.74. The van der Waals surface area contributed by atoms with E-state index in [0.717, 1.165) is 18.6 Å². The van der Waals surface area contributed by atoms with Crippen molar-refractivity contribution in [3.8, 4) is 0 Å². The number of hydrogen-bond acceptors (Lipinski definition) is 2. The topological polar surface area (TPSA) is 15.3 Å². The average Bonchev–Trinajstić information content (AvgIpc) is 3.31. The minimum Gasteiger partial charge on any atom is -0.368 e. The summed E-state index contributed by atoms with van der Waals surface area (Å²) in [4.78, 5) is 2.63. The van der Waals surface area contributed by atoms with Crippen LogP contribution in [0.2, 0.25) is 0 Å². The zero-order valence-corrected chi connectivity index (χ0v) is 14.7. The number of halogens is 1. The van der Waals surface area contributed by atoms with E-state index < -0.39 is 0 Å². The SMILES string of the molecule is CCCC1CCCCN1c1ccc(CNC2CC2)cc1Br. The summed E-state index contributed by atoms with van der Waals surface area (Å²) in [5.74, 6) is 0. The van der Waals surface area contributed by atoms with Gasteiger partial charge in [-0.1, -0.05) is 19.4 Å². The van der Waals surface area contributed by atoms with E-state index in [-0.39, 0.29) is 0 Å². The molecule has 1 atom stereocenters. The molecule has 1 unspecified atom stereocenters. The zero-order chi connectivity index (χ0) is 14.7. The molecule has 0 radical (unpaired) electrons. The number of anilines is 1. The van der Waals surface area contributed by atoms with Crippen LogP contribution >= 0.6 is 15.9 Å². The van der Waals surface area contributed by atoms with Gasteiger partial charge in [0.2, 0.25) is 0 Å². The van der Waals surface area contributed by atoms with Crippen LogP contribution in [0.25, 0.3) is 0 Å². The van der Waals surface area contributed by atoms with Gasteiger partial charge in [-0.15, -0.1) is 0 Å². The van der Waals surface area contributed by atoms with Crippen molar-refractivity contribution in [2.24, 2.45) is 0 Å². The Morgan fingerprint density at radius 1 is 1.24 bits per heavy atom. The molecule has 1 aromatic carbocycles. The van der Waals surface area contributed by atoms with Gasteiger partial charge in [-0.25, -0.2) is 0 Å². The van der Waals surface area contributed by atoms with Crippen LogP contribution in [-0.4, -0.2) is 18.6 Å². The van der Waals surface area contributed by atoms with E-state index in [1.165, 1.54) is 67.2 Å². The summed E-state index contributed by atoms with van der Waals surface area (Å²) in [7, 11) is 0. The van der Waals surface area contributed by atoms with Crippen molar-refractivity contribution in [2.75, 3.05) is 11.4 Å². The van der Waals surface area contributed by atoms with Gasteiger partial charge in [0, 0.05) is 29.6 Å². The molecule has 0 bridgehead atoms. The number of nitrogens with zero attached hydrogens (tertiary/aromatic N) is 1. The van der Waals surface area contributed by atoms with Gasteiger partial charge < -0.3 is 10.2 Å². The van der Waals surface area contributed by atoms with Crippen molar-refractivity contribution in [3.05, 3.63) is 28.2 Å². The molecular weight excluding hydrogens is 324 g/mol. The van der Waals surface area contributed by atoms with E-state index >= 15 is 0 Å². The Bertz CT molecular complexity index is 468. The molecule has 1 saturated carbocycles. The molecule has 0 amide bonds. The van der Waals surface area contributed by atoms with Gasteiger partial charge in [-0.2, -0.15) is 0 Å². The number of rotatable bonds is 6. The largest absolute Gasteiger partial charge is 0.368 e. The maximum absolute atomic E-state index is 3.81. The van der Waals surface area contributed by atoms with Crippen molar-refractivity contribution in [1.29, 1.82) is 0 Å². The summed E-state index contributed by atoms with van der Waals surface area (Å²) < 4.78 is 1.26. The first-order valence-electron chi connectivity index (χ1n) is 8.56. The van der Waals surface area contributed by atoms with Gasteiger partial charge >= 0.3 is 0 Å². The summed E-state index contributed by atoms with van der Waals surface area (Å²) in [5, 5.41) is 3.59. The standard InChI is InChI=1S/C18H27BrN2/c1-2-5-16-6-3-4-11-21(16)18-10-7-14(12-17(18)19)13-20-15-8-9-15/h7,10,12,15-16,20H,2-6,8-9,11,13H2,1H3. The van der Waals surface area contributed by atoms with Gasteiger partial charge in [0.1, 0.15) is 0 Å². The molecule has 1 heterocycles. The normalized spacial score (nSPS) is 22.6. The Morgan fingerprint density at radius 2 is 2.10 bits per heavy atom. The van der Waals surface area contributed by atoms with Crippen LogP contribution in [-0.2, 0) is 6.54 Å². The van der Waals surface area contributed by atoms with Crippen LogP contribution in [0.4, 0.5) is 5.69 Å². The van der Waals surface area contributed by atoms with Crippen LogP contribution in [0.3, 0.4) is 0 Å². The van der Waals surface area contributed by atoms with Gasteiger partial charge in [0.25, 0.3) is 0 Å². The second-order valence-electron chi connectivity index (χ2n) is 6.57. The first kappa shape index (κ1) is 15.4. The highest BCUT2D eigenvalue weighted by molar-refractivity contribution is 9.10. The number of nitrogens with one attached hydrogen (secondary N) is 1. The highest BCUT2D eigenvalue weighted by Gasteiger charge is 2.24. The van der Waals surface area contributed by atoms with Crippen molar-refractivity contribution >= 4 is 21.6 Å². The molecule has 21 heavy (non-hydrogen) atoms. The molecule has 0 spiro atoms. The fraction of sp³-hybridized carbons (Fsp3) is 0.667. The summed E-state index contributed by atoms with van der Waals surface area (Å²) >= 11 is 3.81. The maximum Gasteiger partial charge on any atom is 0.0513 e. The lowest BCUT2D eigenvalue weighted by molar-refractivity contribution is 0.434. The smallest absolute Gasteiger partial charge is 0.0513 e. The molecule has 1 aliphatic carbocycles. The van der Waals surface area contributed by atoms with Crippen molar-refractivity contribution in [1.82, 2.24) is 5.32 Å². The lowest BCUT2D eigenvalue weighted by Crippen LogP contribution is -2.39. The Kier molecular flexibility index (Phi) is 5.23. The summed E-state index contributed by atoms with van der Waals surface area (Å²) in [6.45, 7) is 4.51. The van der Waals surface area contributed by atoms with Gasteiger partial charge in [-0.3, -0.25) is 0 Å². The third-order valence-corrected chi connectivity index (χ3v) is 5.38. The molecule has 1 N–H and O–H groups in total. The highest BCUT2D eigenvalue weighted by atomic mass is 79.9. The quantitative estimate of drug-likeness (QED) is 0.787. The van der Waals surface area contributed by atoms with E-state index in [4.69, 9.17) is 0 Å². The fourth-order valence-corrected chi connectivity index (χ4v) is 4.05. The van der Waals surface area contributed by atoms with Crippen LogP contribution in [0.1, 0.15) is 57.4 Å². The highest BCUT2D eigenvalue weighted by Crippen LogP contribution is 2.33. The Balaban J connectivity index is 1.70. The number of piperidine rings is 1. The van der Waals surface area contributed by atoms with Crippen LogP contribution < -0.4 is 10.2 Å². The van der Waals surface area contributed by atoms with Gasteiger partial charge in [0.15, 0.2) is 0 Å². The van der Waals surface area contributed by atoms with Gasteiger partial charge in [0.05, 0.1) is 5.69 Å². The second-order valence-corrected chi connectivity index (χ2v) is 7.43. The molecule has 116 valence electrons. The molecule has 1 aromatic rings. The van der Waals surface area contributed by atoms with E-state index in [1.807, 2.05) is 0 Å². The molecule has 1 aliphatic heterocycles. The Morgan fingerprint density at radius 3 is 2.81 bits per heavy atom. The minimum atomic E-state index is 0.732. The summed E-state index contributed by atoms with van der Waals surface area (Å²) in [5.41, 5.74) is 2.78. The monoisotopic (exact) mass is 350 g/mol. The fourth-order valence-electron chi connectivity index (χ4n) is 3.39. The zero-order valence-electron chi connectivity index (χ0n) is 13.1. The number of benzene rings is 1. The van der Waals surface area contributed by atoms with E-state index in [0.29, 0.717) is 0 Å². The number of hydrogen-bond donors (Lipinski definition) is 1. The van der Waals surface area contributed by atoms with Gasteiger partial charge in [-0.05, 0) is 72.2 Å². The van der Waals surface area contributed by atoms with E-state index in [1.54, 1.807) is 0 Å². The van der Waals surface area contributed by atoms with E-state index in [9.17, 15) is 0 Å². The lowest BCUT2D eigenvalue weighted by atomic mass is 9.97. The second kappa shape index (κ2) is 7.15. The maximum atomic E-state index is 3.81. The van der Waals surface area contributed by atoms with Crippen molar-refractivity contribution < 1.29 is 0 Å². The summed E-state index contributed by atoms with van der Waals surface area (Å²) in [6, 6.07) is 8.44. The van der Waals surface area contributed by atoms with Crippen LogP contribution in [0.15, 0.2) is 22.7 Å². The van der Waals surface area contributed by atoms with Crippen LogP contribution in [0, 0.1) is 0 Å². The Hall–Kier alpha value is -0.540. The molecule has 2 nitrogen and oxygen atoms in total. The van der Waals surface area contributed by atoms with E-state index in [2.05, 4.69) is 51.3 Å². The van der Waals surface area contributed by atoms with Crippen molar-refractivity contribution in [2.45, 2.75) is 70.5 Å². The predicted octanol–water partition coefficient (Wildman–Crippen LogP) is 4.86. The molecule has 1 saturated heterocycles. The first-order valence-corrected chi connectivity index (χ1v) is 9.35.